The standard InChI is InChI=1S/C19H29NO3/c1-3-22-14-17-12-19(15-23-17)8-10-20(11-9-19)13-16-6-4-5-7-18(16)21-2/h4-7,17H,3,8-15H2,1-2H3/t17-/m1/s1. The number of ether oxygens (including phenoxy) is 3. The molecule has 2 aliphatic rings. The maximum Gasteiger partial charge on any atom is 0.123 e. The van der Waals surface area contributed by atoms with E-state index in [2.05, 4.69) is 17.0 Å². The van der Waals surface area contributed by atoms with E-state index in [0.717, 1.165) is 51.6 Å². The van der Waals surface area contributed by atoms with E-state index in [1.165, 1.54) is 18.4 Å². The second-order valence-electron chi connectivity index (χ2n) is 6.88. The summed E-state index contributed by atoms with van der Waals surface area (Å²) in [7, 11) is 1.75. The van der Waals surface area contributed by atoms with Crippen molar-refractivity contribution in [2.24, 2.45) is 5.41 Å². The number of benzene rings is 1. The molecule has 1 spiro atoms. The Morgan fingerprint density at radius 1 is 1.26 bits per heavy atom. The molecule has 4 nitrogen and oxygen atoms in total. The number of nitrogens with zero attached hydrogens (tertiary/aromatic N) is 1. The number of likely N-dealkylation sites (tertiary alicyclic amines) is 1. The molecule has 0 radical (unpaired) electrons. The van der Waals surface area contributed by atoms with Crippen LogP contribution in [-0.2, 0) is 16.0 Å². The Bertz CT molecular complexity index is 497. The number of hydrogen-bond donors (Lipinski definition) is 0. The van der Waals surface area contributed by atoms with Gasteiger partial charge in [-0.2, -0.15) is 0 Å². The van der Waals surface area contributed by atoms with Crippen molar-refractivity contribution in [1.82, 2.24) is 4.90 Å². The van der Waals surface area contributed by atoms with E-state index in [-0.39, 0.29) is 0 Å². The van der Waals surface area contributed by atoms with Gasteiger partial charge in [0.25, 0.3) is 0 Å². The molecule has 0 aromatic heterocycles. The predicted octanol–water partition coefficient (Wildman–Crippen LogP) is 3.10. The third kappa shape index (κ3) is 4.06. The summed E-state index contributed by atoms with van der Waals surface area (Å²) in [5.74, 6) is 0.994. The first kappa shape index (κ1) is 16.7. The SMILES string of the molecule is CCOC[C@H]1CC2(CCN(Cc3ccccc3OC)CC2)CO1. The molecule has 1 atom stereocenters. The molecule has 0 aliphatic carbocycles. The fraction of sp³-hybridized carbons (Fsp3) is 0.684. The van der Waals surface area contributed by atoms with E-state index in [0.29, 0.717) is 11.5 Å². The second-order valence-corrected chi connectivity index (χ2v) is 6.88. The highest BCUT2D eigenvalue weighted by Gasteiger charge is 2.42. The molecule has 0 saturated carbocycles. The maximum atomic E-state index is 5.97. The number of para-hydroxylation sites is 1. The van der Waals surface area contributed by atoms with Crippen molar-refractivity contribution in [2.75, 3.05) is 40.0 Å². The molecule has 0 amide bonds. The van der Waals surface area contributed by atoms with Crippen molar-refractivity contribution in [3.8, 4) is 5.75 Å². The first-order valence-electron chi connectivity index (χ1n) is 8.78. The topological polar surface area (TPSA) is 30.9 Å². The van der Waals surface area contributed by atoms with Gasteiger partial charge in [0.05, 0.1) is 26.4 Å². The van der Waals surface area contributed by atoms with Crippen molar-refractivity contribution in [3.63, 3.8) is 0 Å². The van der Waals surface area contributed by atoms with E-state index in [1.807, 2.05) is 19.1 Å². The van der Waals surface area contributed by atoms with Crippen molar-refractivity contribution in [1.29, 1.82) is 0 Å². The van der Waals surface area contributed by atoms with Crippen LogP contribution < -0.4 is 4.74 Å². The summed E-state index contributed by atoms with van der Waals surface area (Å²) in [4.78, 5) is 2.54. The van der Waals surface area contributed by atoms with Crippen molar-refractivity contribution in [3.05, 3.63) is 29.8 Å². The van der Waals surface area contributed by atoms with E-state index < -0.39 is 0 Å². The molecule has 128 valence electrons. The minimum absolute atomic E-state index is 0.302. The van der Waals surface area contributed by atoms with Gasteiger partial charge < -0.3 is 14.2 Å². The highest BCUT2D eigenvalue weighted by atomic mass is 16.5. The van der Waals surface area contributed by atoms with E-state index in [9.17, 15) is 0 Å². The van der Waals surface area contributed by atoms with Gasteiger partial charge in [0, 0.05) is 18.7 Å². The molecule has 0 N–H and O–H groups in total. The number of methoxy groups -OCH3 is 1. The van der Waals surface area contributed by atoms with Crippen LogP contribution in [0.15, 0.2) is 24.3 Å². The largest absolute Gasteiger partial charge is 0.496 e. The lowest BCUT2D eigenvalue weighted by atomic mass is 9.76. The molecular formula is C19H29NO3. The average Bonchev–Trinajstić information content (AvgIpc) is 2.99. The van der Waals surface area contributed by atoms with Crippen LogP contribution in [0.2, 0.25) is 0 Å². The smallest absolute Gasteiger partial charge is 0.123 e. The first-order chi connectivity index (χ1) is 11.2. The lowest BCUT2D eigenvalue weighted by Crippen LogP contribution is -2.40. The van der Waals surface area contributed by atoms with Gasteiger partial charge in [-0.1, -0.05) is 18.2 Å². The summed E-state index contributed by atoms with van der Waals surface area (Å²) in [6, 6.07) is 8.33. The van der Waals surface area contributed by atoms with Crippen LogP contribution >= 0.6 is 0 Å². The van der Waals surface area contributed by atoms with Crippen LogP contribution in [0, 0.1) is 5.41 Å². The minimum atomic E-state index is 0.302. The van der Waals surface area contributed by atoms with Gasteiger partial charge in [-0.3, -0.25) is 4.90 Å². The lowest BCUT2D eigenvalue weighted by molar-refractivity contribution is 0.0157. The molecule has 3 rings (SSSR count). The molecular weight excluding hydrogens is 290 g/mol. The van der Waals surface area contributed by atoms with Gasteiger partial charge in [0.15, 0.2) is 0 Å². The highest BCUT2D eigenvalue weighted by Crippen LogP contribution is 2.42. The van der Waals surface area contributed by atoms with Crippen LogP contribution in [0.1, 0.15) is 31.7 Å². The van der Waals surface area contributed by atoms with Crippen LogP contribution in [0.4, 0.5) is 0 Å². The lowest BCUT2D eigenvalue weighted by Gasteiger charge is -2.38. The Kier molecular flexibility index (Phi) is 5.57. The van der Waals surface area contributed by atoms with E-state index in [1.54, 1.807) is 7.11 Å². The molecule has 4 heteroatoms. The predicted molar refractivity (Wildman–Crippen MR) is 90.8 cm³/mol. The van der Waals surface area contributed by atoms with Gasteiger partial charge in [-0.15, -0.1) is 0 Å². The van der Waals surface area contributed by atoms with Gasteiger partial charge in [0.1, 0.15) is 5.75 Å². The first-order valence-corrected chi connectivity index (χ1v) is 8.78. The third-order valence-electron chi connectivity index (χ3n) is 5.30. The van der Waals surface area contributed by atoms with E-state index >= 15 is 0 Å². The Hall–Kier alpha value is -1.10. The Labute approximate surface area is 139 Å². The van der Waals surface area contributed by atoms with Gasteiger partial charge >= 0.3 is 0 Å². The number of rotatable bonds is 6. The molecule has 0 unspecified atom stereocenters. The zero-order chi connectivity index (χ0) is 16.1. The van der Waals surface area contributed by atoms with Gasteiger partial charge in [-0.25, -0.2) is 0 Å². The molecule has 23 heavy (non-hydrogen) atoms. The number of hydrogen-bond acceptors (Lipinski definition) is 4. The average molecular weight is 319 g/mol. The summed E-state index contributed by atoms with van der Waals surface area (Å²) in [5, 5.41) is 0. The summed E-state index contributed by atoms with van der Waals surface area (Å²) < 4.78 is 17.0. The quantitative estimate of drug-likeness (QED) is 0.806. The van der Waals surface area contributed by atoms with Crippen LogP contribution in [0.5, 0.6) is 5.75 Å². The Balaban J connectivity index is 1.51. The normalized spacial score (nSPS) is 24.2. The second kappa shape index (κ2) is 7.65. The molecule has 1 aromatic carbocycles. The molecule has 1 aromatic rings. The Morgan fingerprint density at radius 2 is 2.04 bits per heavy atom. The summed E-state index contributed by atoms with van der Waals surface area (Å²) >= 11 is 0. The van der Waals surface area contributed by atoms with Crippen molar-refractivity contribution < 1.29 is 14.2 Å². The molecule has 2 saturated heterocycles. The van der Waals surface area contributed by atoms with Crippen molar-refractivity contribution in [2.45, 2.75) is 38.8 Å². The summed E-state index contributed by atoms with van der Waals surface area (Å²) in [6.07, 6.45) is 3.92. The van der Waals surface area contributed by atoms with Crippen LogP contribution in [-0.4, -0.2) is 51.0 Å². The Morgan fingerprint density at radius 3 is 2.78 bits per heavy atom. The van der Waals surface area contributed by atoms with Crippen LogP contribution in [0.25, 0.3) is 0 Å². The zero-order valence-corrected chi connectivity index (χ0v) is 14.4. The monoisotopic (exact) mass is 319 g/mol. The van der Waals surface area contributed by atoms with Gasteiger partial charge in [-0.05, 0) is 50.8 Å². The number of piperidine rings is 1. The summed E-state index contributed by atoms with van der Waals surface area (Å²) in [5.41, 5.74) is 1.67. The maximum absolute atomic E-state index is 5.97. The van der Waals surface area contributed by atoms with Gasteiger partial charge in [0.2, 0.25) is 0 Å². The molecule has 2 fully saturated rings. The fourth-order valence-corrected chi connectivity index (χ4v) is 3.86. The fourth-order valence-electron chi connectivity index (χ4n) is 3.86. The molecule has 2 heterocycles. The molecule has 2 aliphatic heterocycles. The van der Waals surface area contributed by atoms with E-state index in [4.69, 9.17) is 14.2 Å². The van der Waals surface area contributed by atoms with Crippen molar-refractivity contribution >= 4 is 0 Å². The minimum Gasteiger partial charge on any atom is -0.496 e. The highest BCUT2D eigenvalue weighted by molar-refractivity contribution is 5.33. The molecule has 0 bridgehead atoms. The summed E-state index contributed by atoms with van der Waals surface area (Å²) in [6.45, 7) is 7.74. The van der Waals surface area contributed by atoms with Crippen LogP contribution in [0.3, 0.4) is 0 Å². The third-order valence-corrected chi connectivity index (χ3v) is 5.30. The zero-order valence-electron chi connectivity index (χ0n) is 14.4.